The molecule has 1 amide bonds. The quantitative estimate of drug-likeness (QED) is 0.718. The molecule has 1 fully saturated rings. The maximum Gasteiger partial charge on any atom is 0.308 e. The Morgan fingerprint density at radius 2 is 1.96 bits per heavy atom. The molecule has 1 aliphatic rings. The molecular weight excluding hydrogens is 330 g/mol. The Morgan fingerprint density at radius 3 is 2.50 bits per heavy atom. The molecule has 1 aromatic heterocycles. The molecule has 1 aromatic carbocycles. The lowest BCUT2D eigenvalue weighted by Gasteiger charge is -2.21. The van der Waals surface area contributed by atoms with Crippen molar-refractivity contribution < 1.29 is 21.8 Å². The van der Waals surface area contributed by atoms with Crippen molar-refractivity contribution in [3.8, 4) is 5.75 Å². The van der Waals surface area contributed by atoms with E-state index >= 15 is 0 Å². The Bertz CT molecular complexity index is 792. The predicted octanol–water partition coefficient (Wildman–Crippen LogP) is 2.81. The molecule has 0 spiro atoms. The normalized spacial score (nSPS) is 14.4. The van der Waals surface area contributed by atoms with Gasteiger partial charge in [-0.05, 0) is 49.6 Å². The zero-order valence-electron chi connectivity index (χ0n) is 13.3. The van der Waals surface area contributed by atoms with Crippen molar-refractivity contribution in [1.82, 2.24) is 4.90 Å². The Balaban J connectivity index is 1.70. The largest absolute Gasteiger partial charge is 0.459 e. The Morgan fingerprint density at radius 1 is 1.25 bits per heavy atom. The molecule has 0 unspecified atom stereocenters. The molecule has 0 saturated heterocycles. The third-order valence-corrected chi connectivity index (χ3v) is 4.99. The highest BCUT2D eigenvalue weighted by Gasteiger charge is 2.34. The SMILES string of the molecule is CCS(=O)(=O)Oc1ccc(CN(C(=O)c2ccco2)C2CC2)cc1. The fraction of sp³-hybridized carbons (Fsp3) is 0.353. The van der Waals surface area contributed by atoms with Crippen molar-refractivity contribution in [2.45, 2.75) is 32.4 Å². The van der Waals surface area contributed by atoms with Crippen LogP contribution < -0.4 is 4.18 Å². The van der Waals surface area contributed by atoms with Crippen LogP contribution in [0.5, 0.6) is 5.75 Å². The summed E-state index contributed by atoms with van der Waals surface area (Å²) < 4.78 is 33.1. The van der Waals surface area contributed by atoms with E-state index in [4.69, 9.17) is 8.60 Å². The molecule has 0 bridgehead atoms. The van der Waals surface area contributed by atoms with Gasteiger partial charge in [0.05, 0.1) is 12.0 Å². The number of rotatable bonds is 7. The van der Waals surface area contributed by atoms with E-state index in [-0.39, 0.29) is 23.5 Å². The van der Waals surface area contributed by atoms with Gasteiger partial charge in [0.1, 0.15) is 5.75 Å². The van der Waals surface area contributed by atoms with E-state index < -0.39 is 10.1 Å². The molecule has 1 heterocycles. The minimum atomic E-state index is -3.53. The zero-order valence-corrected chi connectivity index (χ0v) is 14.2. The molecule has 1 saturated carbocycles. The second-order valence-corrected chi connectivity index (χ2v) is 7.57. The predicted molar refractivity (Wildman–Crippen MR) is 88.1 cm³/mol. The molecule has 0 atom stereocenters. The number of carbonyl (C=O) groups is 1. The van der Waals surface area contributed by atoms with E-state index in [0.717, 1.165) is 18.4 Å². The summed E-state index contributed by atoms with van der Waals surface area (Å²) in [5.41, 5.74) is 0.906. The third kappa shape index (κ3) is 3.97. The van der Waals surface area contributed by atoms with Crippen molar-refractivity contribution in [1.29, 1.82) is 0 Å². The first-order chi connectivity index (χ1) is 11.5. The average Bonchev–Trinajstić information content (AvgIpc) is 3.26. The number of benzene rings is 1. The molecule has 0 radical (unpaired) electrons. The lowest BCUT2D eigenvalue weighted by atomic mass is 10.2. The molecule has 1 aliphatic carbocycles. The summed E-state index contributed by atoms with van der Waals surface area (Å²) >= 11 is 0. The summed E-state index contributed by atoms with van der Waals surface area (Å²) in [6.45, 7) is 1.97. The maximum atomic E-state index is 12.5. The monoisotopic (exact) mass is 349 g/mol. The zero-order chi connectivity index (χ0) is 17.2. The van der Waals surface area contributed by atoms with Crippen molar-refractivity contribution >= 4 is 16.0 Å². The summed E-state index contributed by atoms with van der Waals surface area (Å²) in [7, 11) is -3.53. The number of amides is 1. The highest BCUT2D eigenvalue weighted by Crippen LogP contribution is 2.30. The van der Waals surface area contributed by atoms with E-state index in [9.17, 15) is 13.2 Å². The Kier molecular flexibility index (Phi) is 4.62. The van der Waals surface area contributed by atoms with Gasteiger partial charge in [-0.15, -0.1) is 0 Å². The third-order valence-electron chi connectivity index (χ3n) is 3.83. The second kappa shape index (κ2) is 6.68. The smallest absolute Gasteiger partial charge is 0.308 e. The highest BCUT2D eigenvalue weighted by atomic mass is 32.2. The molecule has 7 heteroatoms. The standard InChI is InChI=1S/C17H19NO5S/c1-2-24(20,21)23-15-9-5-13(6-10-15)12-18(14-7-8-14)17(19)16-4-3-11-22-16/h3-6,9-11,14H,2,7-8,12H2,1H3. The topological polar surface area (TPSA) is 76.8 Å². The summed E-state index contributed by atoms with van der Waals surface area (Å²) in [4.78, 5) is 14.3. The molecule has 3 rings (SSSR count). The number of carbonyl (C=O) groups excluding carboxylic acids is 1. The summed E-state index contributed by atoms with van der Waals surface area (Å²) in [6, 6.07) is 10.3. The van der Waals surface area contributed by atoms with Crippen LogP contribution in [0.2, 0.25) is 0 Å². The number of furan rings is 1. The van der Waals surface area contributed by atoms with Crippen molar-refractivity contribution in [2.24, 2.45) is 0 Å². The van der Waals surface area contributed by atoms with E-state index in [1.54, 1.807) is 41.3 Å². The second-order valence-electron chi connectivity index (χ2n) is 5.72. The molecule has 0 N–H and O–H groups in total. The Labute approximate surface area is 141 Å². The van der Waals surface area contributed by atoms with Gasteiger partial charge in [-0.25, -0.2) is 0 Å². The minimum Gasteiger partial charge on any atom is -0.459 e. The van der Waals surface area contributed by atoms with Crippen LogP contribution >= 0.6 is 0 Å². The molecule has 6 nitrogen and oxygen atoms in total. The fourth-order valence-corrected chi connectivity index (χ4v) is 2.87. The van der Waals surface area contributed by atoms with Gasteiger partial charge in [0.25, 0.3) is 5.91 Å². The van der Waals surface area contributed by atoms with E-state index in [0.29, 0.717) is 12.3 Å². The van der Waals surface area contributed by atoms with Crippen LogP contribution in [0.1, 0.15) is 35.9 Å². The Hall–Kier alpha value is -2.28. The van der Waals surface area contributed by atoms with Crippen molar-refractivity contribution in [3.63, 3.8) is 0 Å². The van der Waals surface area contributed by atoms with E-state index in [2.05, 4.69) is 0 Å². The van der Waals surface area contributed by atoms with Gasteiger partial charge in [-0.1, -0.05) is 12.1 Å². The van der Waals surface area contributed by atoms with Gasteiger partial charge >= 0.3 is 10.1 Å². The lowest BCUT2D eigenvalue weighted by molar-refractivity contribution is 0.0697. The van der Waals surface area contributed by atoms with Gasteiger partial charge in [0.15, 0.2) is 5.76 Å². The molecule has 128 valence electrons. The first-order valence-corrected chi connectivity index (χ1v) is 9.42. The van der Waals surface area contributed by atoms with Crippen LogP contribution in [0.3, 0.4) is 0 Å². The number of hydrogen-bond acceptors (Lipinski definition) is 5. The van der Waals surface area contributed by atoms with Gasteiger partial charge < -0.3 is 13.5 Å². The number of hydrogen-bond donors (Lipinski definition) is 0. The van der Waals surface area contributed by atoms with Gasteiger partial charge in [0, 0.05) is 12.6 Å². The summed E-state index contributed by atoms with van der Waals surface area (Å²) in [5.74, 6) is 0.394. The minimum absolute atomic E-state index is 0.0815. The maximum absolute atomic E-state index is 12.5. The van der Waals surface area contributed by atoms with Gasteiger partial charge in [-0.2, -0.15) is 8.42 Å². The molecular formula is C17H19NO5S. The average molecular weight is 349 g/mol. The summed E-state index contributed by atoms with van der Waals surface area (Å²) in [5, 5.41) is 0. The van der Waals surface area contributed by atoms with Crippen molar-refractivity contribution in [3.05, 3.63) is 54.0 Å². The van der Waals surface area contributed by atoms with Crippen LogP contribution in [0.4, 0.5) is 0 Å². The lowest BCUT2D eigenvalue weighted by Crippen LogP contribution is -2.32. The fourth-order valence-electron chi connectivity index (χ4n) is 2.35. The molecule has 2 aromatic rings. The van der Waals surface area contributed by atoms with Crippen molar-refractivity contribution in [2.75, 3.05) is 5.75 Å². The molecule has 24 heavy (non-hydrogen) atoms. The summed E-state index contributed by atoms with van der Waals surface area (Å²) in [6.07, 6.45) is 3.46. The van der Waals surface area contributed by atoms with Crippen LogP contribution in [-0.2, 0) is 16.7 Å². The van der Waals surface area contributed by atoms with Gasteiger partial charge in [-0.3, -0.25) is 4.79 Å². The van der Waals surface area contributed by atoms with Gasteiger partial charge in [0.2, 0.25) is 0 Å². The highest BCUT2D eigenvalue weighted by molar-refractivity contribution is 7.87. The first kappa shape index (κ1) is 16.6. The molecule has 0 aliphatic heterocycles. The van der Waals surface area contributed by atoms with Crippen LogP contribution in [0, 0.1) is 0 Å². The van der Waals surface area contributed by atoms with Crippen LogP contribution in [0.15, 0.2) is 47.1 Å². The first-order valence-electron chi connectivity index (χ1n) is 7.84. The van der Waals surface area contributed by atoms with E-state index in [1.807, 2.05) is 0 Å². The van der Waals surface area contributed by atoms with Crippen LogP contribution in [-0.4, -0.2) is 31.0 Å². The van der Waals surface area contributed by atoms with E-state index in [1.165, 1.54) is 13.2 Å². The number of nitrogens with zero attached hydrogens (tertiary/aromatic N) is 1. The van der Waals surface area contributed by atoms with Crippen LogP contribution in [0.25, 0.3) is 0 Å².